The minimum atomic E-state index is 0.593. The molecule has 0 spiro atoms. The van der Waals surface area contributed by atoms with Crippen LogP contribution in [0.25, 0.3) is 11.4 Å². The van der Waals surface area contributed by atoms with Gasteiger partial charge >= 0.3 is 0 Å². The predicted octanol–water partition coefficient (Wildman–Crippen LogP) is 2.61. The normalized spacial score (nSPS) is 14.2. The molecule has 23 heavy (non-hydrogen) atoms. The fourth-order valence-electron chi connectivity index (χ4n) is 2.70. The van der Waals surface area contributed by atoms with E-state index in [1.165, 1.54) is 18.4 Å². The van der Waals surface area contributed by atoms with Gasteiger partial charge in [0.1, 0.15) is 11.6 Å². The van der Waals surface area contributed by atoms with E-state index in [9.17, 15) is 0 Å². The van der Waals surface area contributed by atoms with Crippen LogP contribution in [0.4, 0.5) is 0 Å². The molecule has 1 aliphatic rings. The van der Waals surface area contributed by atoms with E-state index in [0.29, 0.717) is 12.5 Å². The Balaban J connectivity index is 1.52. The van der Waals surface area contributed by atoms with Crippen LogP contribution in [0.1, 0.15) is 30.1 Å². The molecule has 0 atom stereocenters. The van der Waals surface area contributed by atoms with E-state index in [0.717, 1.165) is 23.0 Å². The maximum atomic E-state index is 5.18. The Morgan fingerprint density at radius 2 is 2.00 bits per heavy atom. The largest absolute Gasteiger partial charge is 0.497 e. The second-order valence-corrected chi connectivity index (χ2v) is 5.97. The molecule has 3 aromatic rings. The summed E-state index contributed by atoms with van der Waals surface area (Å²) in [6.45, 7) is 0.715. The molecule has 118 valence electrons. The van der Waals surface area contributed by atoms with Gasteiger partial charge in [-0.05, 0) is 30.5 Å². The number of benzene rings is 1. The van der Waals surface area contributed by atoms with Gasteiger partial charge in [0.2, 0.25) is 0 Å². The lowest BCUT2D eigenvalue weighted by molar-refractivity contribution is 0.414. The molecule has 1 aliphatic carbocycles. The van der Waals surface area contributed by atoms with Gasteiger partial charge in [0.05, 0.1) is 25.4 Å². The van der Waals surface area contributed by atoms with Crippen LogP contribution in [0.3, 0.4) is 0 Å². The number of aromatic nitrogens is 5. The highest BCUT2D eigenvalue weighted by molar-refractivity contribution is 5.52. The summed E-state index contributed by atoms with van der Waals surface area (Å²) in [5.41, 5.74) is 2.13. The molecule has 2 heterocycles. The fourth-order valence-corrected chi connectivity index (χ4v) is 2.70. The summed E-state index contributed by atoms with van der Waals surface area (Å²) in [6.07, 6.45) is 6.27. The summed E-state index contributed by atoms with van der Waals surface area (Å²) in [6, 6.07) is 8.01. The lowest BCUT2D eigenvalue weighted by Gasteiger charge is -2.03. The molecular weight excluding hydrogens is 290 g/mol. The standard InChI is InChI=1S/C17H19N5O/c1-21-17(13-5-6-13)19-16(20-21)14-9-18-22(11-14)10-12-3-7-15(23-2)8-4-12/h3-4,7-9,11,13H,5-6,10H2,1-2H3. The molecule has 2 aromatic heterocycles. The van der Waals surface area contributed by atoms with Crippen LogP contribution < -0.4 is 4.74 Å². The van der Waals surface area contributed by atoms with Crippen molar-refractivity contribution in [2.75, 3.05) is 7.11 Å². The summed E-state index contributed by atoms with van der Waals surface area (Å²) >= 11 is 0. The SMILES string of the molecule is COc1ccc(Cn2cc(-c3nc(C4CC4)n(C)n3)cn2)cc1. The van der Waals surface area contributed by atoms with Crippen molar-refractivity contribution in [3.63, 3.8) is 0 Å². The highest BCUT2D eigenvalue weighted by Gasteiger charge is 2.29. The second-order valence-electron chi connectivity index (χ2n) is 5.97. The number of hydrogen-bond donors (Lipinski definition) is 0. The monoisotopic (exact) mass is 309 g/mol. The molecule has 0 aliphatic heterocycles. The average Bonchev–Trinajstić information content (AvgIpc) is 3.18. The summed E-state index contributed by atoms with van der Waals surface area (Å²) in [5.74, 6) is 3.30. The summed E-state index contributed by atoms with van der Waals surface area (Å²) in [7, 11) is 3.64. The van der Waals surface area contributed by atoms with Crippen LogP contribution in [-0.4, -0.2) is 31.7 Å². The van der Waals surface area contributed by atoms with Gasteiger partial charge in [-0.15, -0.1) is 0 Å². The Bertz CT molecular complexity index is 814. The van der Waals surface area contributed by atoms with Crippen molar-refractivity contribution in [1.29, 1.82) is 0 Å². The number of hydrogen-bond acceptors (Lipinski definition) is 4. The average molecular weight is 309 g/mol. The number of aryl methyl sites for hydroxylation is 1. The first kappa shape index (κ1) is 14.0. The number of rotatable bonds is 5. The van der Waals surface area contributed by atoms with Gasteiger partial charge in [-0.1, -0.05) is 12.1 Å². The summed E-state index contributed by atoms with van der Waals surface area (Å²) in [4.78, 5) is 4.67. The van der Waals surface area contributed by atoms with Crippen molar-refractivity contribution in [1.82, 2.24) is 24.5 Å². The predicted molar refractivity (Wildman–Crippen MR) is 86.3 cm³/mol. The third-order valence-corrected chi connectivity index (χ3v) is 4.13. The zero-order valence-electron chi connectivity index (χ0n) is 13.3. The van der Waals surface area contributed by atoms with E-state index in [4.69, 9.17) is 4.74 Å². The number of ether oxygens (including phenoxy) is 1. The lowest BCUT2D eigenvalue weighted by Crippen LogP contribution is -1.99. The molecule has 0 saturated heterocycles. The Morgan fingerprint density at radius 1 is 1.22 bits per heavy atom. The minimum Gasteiger partial charge on any atom is -0.497 e. The van der Waals surface area contributed by atoms with E-state index in [1.807, 2.05) is 53.1 Å². The Hall–Kier alpha value is -2.63. The Labute approximate surface area is 134 Å². The second kappa shape index (κ2) is 5.53. The molecule has 4 rings (SSSR count). The highest BCUT2D eigenvalue weighted by Crippen LogP contribution is 2.39. The van der Waals surface area contributed by atoms with Gasteiger partial charge in [-0.2, -0.15) is 10.2 Å². The topological polar surface area (TPSA) is 57.8 Å². The van der Waals surface area contributed by atoms with E-state index >= 15 is 0 Å². The quantitative estimate of drug-likeness (QED) is 0.727. The molecule has 0 bridgehead atoms. The molecular formula is C17H19N5O. The van der Waals surface area contributed by atoms with Crippen molar-refractivity contribution in [2.45, 2.75) is 25.3 Å². The molecule has 0 amide bonds. The van der Waals surface area contributed by atoms with E-state index in [2.05, 4.69) is 15.2 Å². The maximum absolute atomic E-state index is 5.18. The first-order valence-corrected chi connectivity index (χ1v) is 7.79. The van der Waals surface area contributed by atoms with Crippen LogP contribution >= 0.6 is 0 Å². The molecule has 1 saturated carbocycles. The van der Waals surface area contributed by atoms with Gasteiger partial charge in [0.25, 0.3) is 0 Å². The first-order valence-electron chi connectivity index (χ1n) is 7.79. The smallest absolute Gasteiger partial charge is 0.184 e. The maximum Gasteiger partial charge on any atom is 0.184 e. The van der Waals surface area contributed by atoms with Crippen molar-refractivity contribution in [3.8, 4) is 17.1 Å². The lowest BCUT2D eigenvalue weighted by atomic mass is 10.2. The Kier molecular flexibility index (Phi) is 3.37. The van der Waals surface area contributed by atoms with Crippen LogP contribution in [0.5, 0.6) is 5.75 Å². The number of nitrogens with zero attached hydrogens (tertiary/aromatic N) is 5. The zero-order valence-corrected chi connectivity index (χ0v) is 13.3. The van der Waals surface area contributed by atoms with Crippen LogP contribution in [0.2, 0.25) is 0 Å². The Morgan fingerprint density at radius 3 is 2.70 bits per heavy atom. The van der Waals surface area contributed by atoms with E-state index in [-0.39, 0.29) is 0 Å². The van der Waals surface area contributed by atoms with Crippen molar-refractivity contribution < 1.29 is 4.74 Å². The van der Waals surface area contributed by atoms with Crippen LogP contribution in [0.15, 0.2) is 36.7 Å². The van der Waals surface area contributed by atoms with Gasteiger partial charge in [-0.25, -0.2) is 4.98 Å². The van der Waals surface area contributed by atoms with E-state index < -0.39 is 0 Å². The third kappa shape index (κ3) is 2.84. The van der Waals surface area contributed by atoms with Gasteiger partial charge in [0, 0.05) is 19.2 Å². The molecule has 0 radical (unpaired) electrons. The van der Waals surface area contributed by atoms with Crippen molar-refractivity contribution >= 4 is 0 Å². The summed E-state index contributed by atoms with van der Waals surface area (Å²) in [5, 5.41) is 8.95. The molecule has 1 aromatic carbocycles. The molecule has 6 heteroatoms. The van der Waals surface area contributed by atoms with Crippen molar-refractivity contribution in [2.24, 2.45) is 7.05 Å². The summed E-state index contributed by atoms with van der Waals surface area (Å²) < 4.78 is 8.98. The van der Waals surface area contributed by atoms with E-state index in [1.54, 1.807) is 7.11 Å². The number of methoxy groups -OCH3 is 1. The first-order chi connectivity index (χ1) is 11.2. The fraction of sp³-hybridized carbons (Fsp3) is 0.353. The molecule has 1 fully saturated rings. The van der Waals surface area contributed by atoms with Gasteiger partial charge in [-0.3, -0.25) is 9.36 Å². The molecule has 6 nitrogen and oxygen atoms in total. The molecule has 0 N–H and O–H groups in total. The van der Waals surface area contributed by atoms with Gasteiger partial charge in [0.15, 0.2) is 5.82 Å². The van der Waals surface area contributed by atoms with Crippen molar-refractivity contribution in [3.05, 3.63) is 48.0 Å². The zero-order chi connectivity index (χ0) is 15.8. The highest BCUT2D eigenvalue weighted by atomic mass is 16.5. The third-order valence-electron chi connectivity index (χ3n) is 4.13. The molecule has 0 unspecified atom stereocenters. The van der Waals surface area contributed by atoms with Gasteiger partial charge < -0.3 is 4.74 Å². The van der Waals surface area contributed by atoms with Crippen LogP contribution in [0, 0.1) is 0 Å². The minimum absolute atomic E-state index is 0.593. The van der Waals surface area contributed by atoms with Crippen LogP contribution in [-0.2, 0) is 13.6 Å².